The van der Waals surface area contributed by atoms with Gasteiger partial charge in [-0.15, -0.1) is 0 Å². The zero-order valence-corrected chi connectivity index (χ0v) is 10.5. The van der Waals surface area contributed by atoms with Gasteiger partial charge in [-0.25, -0.2) is 0 Å². The van der Waals surface area contributed by atoms with Crippen molar-refractivity contribution in [2.24, 2.45) is 0 Å². The largest absolute Gasteiger partial charge is 0.492 e. The smallest absolute Gasteiger partial charge is 0.250 e. The van der Waals surface area contributed by atoms with Crippen molar-refractivity contribution in [1.29, 1.82) is 0 Å². The Hall–Kier alpha value is -2.03. The van der Waals surface area contributed by atoms with Gasteiger partial charge in [-0.05, 0) is 30.2 Å². The van der Waals surface area contributed by atoms with Crippen molar-refractivity contribution in [2.75, 3.05) is 6.61 Å². The van der Waals surface area contributed by atoms with Crippen molar-refractivity contribution in [2.45, 2.75) is 19.9 Å². The summed E-state index contributed by atoms with van der Waals surface area (Å²) in [7, 11) is 0. The van der Waals surface area contributed by atoms with E-state index in [4.69, 9.17) is 4.74 Å². The molecule has 0 saturated heterocycles. The number of pyridine rings is 1. The van der Waals surface area contributed by atoms with Crippen LogP contribution in [0, 0.1) is 0 Å². The van der Waals surface area contributed by atoms with E-state index in [0.29, 0.717) is 13.2 Å². The van der Waals surface area contributed by atoms with Crippen LogP contribution in [0.3, 0.4) is 0 Å². The van der Waals surface area contributed by atoms with E-state index >= 15 is 0 Å². The second-order valence-corrected chi connectivity index (χ2v) is 4.08. The van der Waals surface area contributed by atoms with Gasteiger partial charge in [-0.1, -0.05) is 25.1 Å². The minimum absolute atomic E-state index is 0.00225. The average molecular weight is 243 g/mol. The summed E-state index contributed by atoms with van der Waals surface area (Å²) in [5, 5.41) is 0. The van der Waals surface area contributed by atoms with Crippen LogP contribution in [0.4, 0.5) is 0 Å². The van der Waals surface area contributed by atoms with Crippen LogP contribution in [0.25, 0.3) is 0 Å². The second-order valence-electron chi connectivity index (χ2n) is 4.08. The summed E-state index contributed by atoms with van der Waals surface area (Å²) in [6.07, 6.45) is 2.80. The molecule has 94 valence electrons. The lowest BCUT2D eigenvalue weighted by molar-refractivity contribution is 0.296. The molecule has 0 spiro atoms. The Bertz CT molecular complexity index is 543. The molecule has 0 amide bonds. The van der Waals surface area contributed by atoms with Crippen molar-refractivity contribution in [3.8, 4) is 5.75 Å². The Morgan fingerprint density at radius 2 is 1.89 bits per heavy atom. The van der Waals surface area contributed by atoms with E-state index in [1.807, 2.05) is 18.2 Å². The van der Waals surface area contributed by atoms with Crippen LogP contribution in [-0.4, -0.2) is 11.2 Å². The molecule has 2 rings (SSSR count). The molecular weight excluding hydrogens is 226 g/mol. The van der Waals surface area contributed by atoms with Gasteiger partial charge in [0, 0.05) is 12.3 Å². The van der Waals surface area contributed by atoms with Crippen molar-refractivity contribution in [3.05, 3.63) is 64.6 Å². The van der Waals surface area contributed by atoms with Crippen LogP contribution in [-0.2, 0) is 13.0 Å². The minimum Gasteiger partial charge on any atom is -0.492 e. The van der Waals surface area contributed by atoms with E-state index in [0.717, 1.165) is 12.2 Å². The normalized spacial score (nSPS) is 10.3. The predicted molar refractivity (Wildman–Crippen MR) is 72.0 cm³/mol. The zero-order chi connectivity index (χ0) is 12.8. The number of aryl methyl sites for hydroxylation is 1. The lowest BCUT2D eigenvalue weighted by Gasteiger charge is -2.08. The maximum Gasteiger partial charge on any atom is 0.250 e. The van der Waals surface area contributed by atoms with Crippen LogP contribution >= 0.6 is 0 Å². The molecule has 0 fully saturated rings. The monoisotopic (exact) mass is 243 g/mol. The summed E-state index contributed by atoms with van der Waals surface area (Å²) >= 11 is 0. The van der Waals surface area contributed by atoms with Gasteiger partial charge < -0.3 is 9.30 Å². The highest BCUT2D eigenvalue weighted by Gasteiger charge is 1.96. The van der Waals surface area contributed by atoms with Gasteiger partial charge in [-0.3, -0.25) is 4.79 Å². The molecule has 0 aliphatic heterocycles. The van der Waals surface area contributed by atoms with Crippen molar-refractivity contribution in [1.82, 2.24) is 4.57 Å². The number of aromatic nitrogens is 1. The maximum atomic E-state index is 11.5. The fraction of sp³-hybridized carbons (Fsp3) is 0.267. The first-order chi connectivity index (χ1) is 8.79. The molecule has 0 N–H and O–H groups in total. The minimum atomic E-state index is 0.00225. The van der Waals surface area contributed by atoms with Gasteiger partial charge in [-0.2, -0.15) is 0 Å². The SMILES string of the molecule is CCc1ccc(OCCn2ccccc2=O)cc1. The highest BCUT2D eigenvalue weighted by Crippen LogP contribution is 2.12. The maximum absolute atomic E-state index is 11.5. The number of hydrogen-bond donors (Lipinski definition) is 0. The first kappa shape index (κ1) is 12.4. The van der Waals surface area contributed by atoms with Gasteiger partial charge in [0.05, 0.1) is 6.54 Å². The Kier molecular flexibility index (Phi) is 4.18. The standard InChI is InChI=1S/C15H17NO2/c1-2-13-6-8-14(9-7-13)18-12-11-16-10-4-3-5-15(16)17/h3-10H,2,11-12H2,1H3. The van der Waals surface area contributed by atoms with E-state index < -0.39 is 0 Å². The molecule has 0 atom stereocenters. The first-order valence-electron chi connectivity index (χ1n) is 6.17. The van der Waals surface area contributed by atoms with Crippen LogP contribution in [0.15, 0.2) is 53.5 Å². The Morgan fingerprint density at radius 3 is 2.56 bits per heavy atom. The molecule has 1 heterocycles. The quantitative estimate of drug-likeness (QED) is 0.808. The predicted octanol–water partition coefficient (Wildman–Crippen LogP) is 2.49. The summed E-state index contributed by atoms with van der Waals surface area (Å²) in [5.74, 6) is 0.844. The van der Waals surface area contributed by atoms with E-state index in [9.17, 15) is 4.79 Å². The van der Waals surface area contributed by atoms with Crippen molar-refractivity contribution < 1.29 is 4.74 Å². The molecule has 0 bridgehead atoms. The Balaban J connectivity index is 1.88. The summed E-state index contributed by atoms with van der Waals surface area (Å²) < 4.78 is 7.24. The molecule has 1 aromatic heterocycles. The summed E-state index contributed by atoms with van der Waals surface area (Å²) in [5.41, 5.74) is 1.30. The molecule has 0 radical (unpaired) electrons. The summed E-state index contributed by atoms with van der Waals surface area (Å²) in [6, 6.07) is 13.2. The van der Waals surface area contributed by atoms with E-state index in [1.165, 1.54) is 5.56 Å². The summed E-state index contributed by atoms with van der Waals surface area (Å²) in [6.45, 7) is 3.18. The van der Waals surface area contributed by atoms with E-state index in [1.54, 1.807) is 22.9 Å². The van der Waals surface area contributed by atoms with Gasteiger partial charge >= 0.3 is 0 Å². The molecule has 18 heavy (non-hydrogen) atoms. The third-order valence-electron chi connectivity index (χ3n) is 2.83. The number of benzene rings is 1. The Morgan fingerprint density at radius 1 is 1.11 bits per heavy atom. The second kappa shape index (κ2) is 6.05. The van der Waals surface area contributed by atoms with Crippen LogP contribution in [0.1, 0.15) is 12.5 Å². The van der Waals surface area contributed by atoms with Gasteiger partial charge in [0.25, 0.3) is 5.56 Å². The molecular formula is C15H17NO2. The number of nitrogens with zero attached hydrogens (tertiary/aromatic N) is 1. The molecule has 1 aromatic carbocycles. The summed E-state index contributed by atoms with van der Waals surface area (Å²) in [4.78, 5) is 11.5. The van der Waals surface area contributed by atoms with E-state index in [-0.39, 0.29) is 5.56 Å². The number of hydrogen-bond acceptors (Lipinski definition) is 2. The van der Waals surface area contributed by atoms with Crippen LogP contribution in [0.2, 0.25) is 0 Å². The zero-order valence-electron chi connectivity index (χ0n) is 10.5. The van der Waals surface area contributed by atoms with Gasteiger partial charge in [0.2, 0.25) is 0 Å². The average Bonchev–Trinajstić information content (AvgIpc) is 2.42. The van der Waals surface area contributed by atoms with E-state index in [2.05, 4.69) is 19.1 Å². The molecule has 0 unspecified atom stereocenters. The third kappa shape index (κ3) is 3.23. The Labute approximate surface area is 107 Å². The van der Waals surface area contributed by atoms with Crippen LogP contribution < -0.4 is 10.3 Å². The topological polar surface area (TPSA) is 31.2 Å². The number of ether oxygens (including phenoxy) is 1. The highest BCUT2D eigenvalue weighted by atomic mass is 16.5. The fourth-order valence-electron chi connectivity index (χ4n) is 1.73. The first-order valence-corrected chi connectivity index (χ1v) is 6.17. The van der Waals surface area contributed by atoms with Gasteiger partial charge in [0.15, 0.2) is 0 Å². The lowest BCUT2D eigenvalue weighted by atomic mass is 10.2. The molecule has 2 aromatic rings. The van der Waals surface area contributed by atoms with Crippen molar-refractivity contribution >= 4 is 0 Å². The van der Waals surface area contributed by atoms with Gasteiger partial charge in [0.1, 0.15) is 12.4 Å². The van der Waals surface area contributed by atoms with Crippen LogP contribution in [0.5, 0.6) is 5.75 Å². The molecule has 3 nitrogen and oxygen atoms in total. The fourth-order valence-corrected chi connectivity index (χ4v) is 1.73. The molecule has 0 aliphatic carbocycles. The molecule has 3 heteroatoms. The third-order valence-corrected chi connectivity index (χ3v) is 2.83. The highest BCUT2D eigenvalue weighted by molar-refractivity contribution is 5.27. The molecule has 0 saturated carbocycles. The number of rotatable bonds is 5. The molecule has 0 aliphatic rings. The van der Waals surface area contributed by atoms with Crippen molar-refractivity contribution in [3.63, 3.8) is 0 Å². The lowest BCUT2D eigenvalue weighted by Crippen LogP contribution is -2.21.